The number of hydrogen-bond acceptors (Lipinski definition) is 2. The summed E-state index contributed by atoms with van der Waals surface area (Å²) >= 11 is 6.14. The molecule has 0 aromatic heterocycles. The van der Waals surface area contributed by atoms with Crippen molar-refractivity contribution in [2.75, 3.05) is 20.3 Å². The lowest BCUT2D eigenvalue weighted by atomic mass is 9.92. The number of aryl methyl sites for hydroxylation is 1. The first-order chi connectivity index (χ1) is 8.50. The second-order valence-electron chi connectivity index (χ2n) is 4.75. The van der Waals surface area contributed by atoms with Gasteiger partial charge in [-0.1, -0.05) is 23.7 Å². The van der Waals surface area contributed by atoms with Crippen LogP contribution in [0.4, 0.5) is 4.39 Å². The number of benzene rings is 1. The summed E-state index contributed by atoms with van der Waals surface area (Å²) in [4.78, 5) is 0. The van der Waals surface area contributed by atoms with E-state index in [1.54, 1.807) is 0 Å². The Bertz CT molecular complexity index is 386. The molecule has 0 saturated heterocycles. The molecule has 1 aromatic carbocycles. The summed E-state index contributed by atoms with van der Waals surface area (Å²) in [7, 11) is 1.51. The molecule has 0 aliphatic carbocycles. The van der Waals surface area contributed by atoms with E-state index in [-0.39, 0.29) is 13.0 Å². The van der Waals surface area contributed by atoms with E-state index >= 15 is 0 Å². The summed E-state index contributed by atoms with van der Waals surface area (Å²) in [6, 6.07) is 5.68. The van der Waals surface area contributed by atoms with E-state index in [1.807, 2.05) is 25.1 Å². The molecule has 1 unspecified atom stereocenters. The third-order valence-corrected chi connectivity index (χ3v) is 3.30. The molecule has 1 rings (SSSR count). The lowest BCUT2D eigenvalue weighted by molar-refractivity contribution is 0.0334. The van der Waals surface area contributed by atoms with Crippen LogP contribution in [-0.4, -0.2) is 25.9 Å². The second-order valence-corrected chi connectivity index (χ2v) is 5.15. The van der Waals surface area contributed by atoms with Crippen LogP contribution in [0.5, 0.6) is 0 Å². The van der Waals surface area contributed by atoms with Crippen LogP contribution in [0.25, 0.3) is 0 Å². The number of nitrogens with two attached hydrogens (primary N) is 1. The Hall–Kier alpha value is -0.640. The normalized spacial score (nSPS) is 14.5. The quantitative estimate of drug-likeness (QED) is 0.827. The van der Waals surface area contributed by atoms with Crippen molar-refractivity contribution in [3.63, 3.8) is 0 Å². The largest absolute Gasteiger partial charge is 0.381 e. The molecule has 0 amide bonds. The predicted octanol–water partition coefficient (Wildman–Crippen LogP) is 3.28. The number of ether oxygens (including phenoxy) is 1. The van der Waals surface area contributed by atoms with Crippen molar-refractivity contribution in [1.29, 1.82) is 0 Å². The number of halogens is 2. The number of methoxy groups -OCH3 is 1. The van der Waals surface area contributed by atoms with Crippen LogP contribution < -0.4 is 5.73 Å². The summed E-state index contributed by atoms with van der Waals surface area (Å²) in [6.07, 6.45) is 1.30. The average Bonchev–Trinajstić information content (AvgIpc) is 2.31. The highest BCUT2D eigenvalue weighted by Gasteiger charge is 2.30. The molecule has 0 aliphatic heterocycles. The van der Waals surface area contributed by atoms with Crippen LogP contribution in [0.15, 0.2) is 18.2 Å². The maximum atomic E-state index is 14.7. The highest BCUT2D eigenvalue weighted by atomic mass is 35.5. The molecule has 0 aliphatic rings. The van der Waals surface area contributed by atoms with E-state index in [2.05, 4.69) is 0 Å². The molecule has 0 radical (unpaired) electrons. The van der Waals surface area contributed by atoms with Gasteiger partial charge in [0.2, 0.25) is 0 Å². The Morgan fingerprint density at radius 2 is 2.17 bits per heavy atom. The zero-order valence-corrected chi connectivity index (χ0v) is 11.8. The summed E-state index contributed by atoms with van der Waals surface area (Å²) in [5.74, 6) is 0. The third-order valence-electron chi connectivity index (χ3n) is 2.95. The van der Waals surface area contributed by atoms with Gasteiger partial charge >= 0.3 is 0 Å². The molecule has 2 nitrogen and oxygen atoms in total. The molecule has 0 spiro atoms. The maximum Gasteiger partial charge on any atom is 0.138 e. The highest BCUT2D eigenvalue weighted by molar-refractivity contribution is 6.31. The number of alkyl halides is 1. The molecule has 18 heavy (non-hydrogen) atoms. The van der Waals surface area contributed by atoms with Gasteiger partial charge in [0.05, 0.1) is 6.61 Å². The molecule has 0 heterocycles. The summed E-state index contributed by atoms with van der Waals surface area (Å²) in [6.45, 7) is 2.51. The van der Waals surface area contributed by atoms with Crippen molar-refractivity contribution in [3.8, 4) is 0 Å². The summed E-state index contributed by atoms with van der Waals surface area (Å²) in [5.41, 5.74) is 5.94. The molecule has 0 saturated carbocycles. The van der Waals surface area contributed by atoms with Gasteiger partial charge in [0.25, 0.3) is 0 Å². The molecule has 4 heteroatoms. The zero-order valence-electron chi connectivity index (χ0n) is 11.0. The lowest BCUT2D eigenvalue weighted by Crippen LogP contribution is -2.32. The SMILES string of the molecule is COCC(F)(CCCN)Cc1ccc(C)cc1Cl. The number of rotatable bonds is 7. The van der Waals surface area contributed by atoms with Crippen molar-refractivity contribution in [2.45, 2.75) is 31.9 Å². The predicted molar refractivity (Wildman–Crippen MR) is 73.9 cm³/mol. The van der Waals surface area contributed by atoms with Crippen molar-refractivity contribution in [3.05, 3.63) is 34.3 Å². The Morgan fingerprint density at radius 1 is 1.44 bits per heavy atom. The topological polar surface area (TPSA) is 35.2 Å². The first-order valence-electron chi connectivity index (χ1n) is 6.14. The van der Waals surface area contributed by atoms with Gasteiger partial charge in [0.15, 0.2) is 0 Å². The molecule has 2 N–H and O–H groups in total. The minimum atomic E-state index is -1.40. The first-order valence-corrected chi connectivity index (χ1v) is 6.51. The molecule has 1 atom stereocenters. The Kier molecular flexibility index (Phi) is 6.06. The smallest absolute Gasteiger partial charge is 0.138 e. The third kappa shape index (κ3) is 4.56. The molecular formula is C14H21ClFNO. The van der Waals surface area contributed by atoms with E-state index in [4.69, 9.17) is 22.1 Å². The maximum absolute atomic E-state index is 14.7. The van der Waals surface area contributed by atoms with E-state index in [0.29, 0.717) is 24.4 Å². The fourth-order valence-electron chi connectivity index (χ4n) is 2.03. The zero-order chi connectivity index (χ0) is 13.6. The molecule has 1 aromatic rings. The molecule has 102 valence electrons. The van der Waals surface area contributed by atoms with Gasteiger partial charge < -0.3 is 10.5 Å². The Morgan fingerprint density at radius 3 is 2.72 bits per heavy atom. The van der Waals surface area contributed by atoms with Gasteiger partial charge in [-0.15, -0.1) is 0 Å². The van der Waals surface area contributed by atoms with E-state index in [9.17, 15) is 4.39 Å². The Labute approximate surface area is 113 Å². The van der Waals surface area contributed by atoms with Crippen LogP contribution >= 0.6 is 11.6 Å². The second kappa shape index (κ2) is 7.07. The van der Waals surface area contributed by atoms with Crippen molar-refractivity contribution in [2.24, 2.45) is 5.73 Å². The van der Waals surface area contributed by atoms with Crippen LogP contribution in [0.3, 0.4) is 0 Å². The van der Waals surface area contributed by atoms with Gasteiger partial charge in [-0.2, -0.15) is 0 Å². The van der Waals surface area contributed by atoms with E-state index in [0.717, 1.165) is 11.1 Å². The molecule has 0 fully saturated rings. The van der Waals surface area contributed by atoms with Crippen LogP contribution in [0.1, 0.15) is 24.0 Å². The number of hydrogen-bond donors (Lipinski definition) is 1. The minimum absolute atomic E-state index is 0.0667. The fourth-order valence-corrected chi connectivity index (χ4v) is 2.33. The van der Waals surface area contributed by atoms with Gasteiger partial charge in [-0.3, -0.25) is 0 Å². The fraction of sp³-hybridized carbons (Fsp3) is 0.571. The van der Waals surface area contributed by atoms with Crippen molar-refractivity contribution in [1.82, 2.24) is 0 Å². The van der Waals surface area contributed by atoms with E-state index in [1.165, 1.54) is 7.11 Å². The van der Waals surface area contributed by atoms with Crippen LogP contribution in [0, 0.1) is 6.92 Å². The van der Waals surface area contributed by atoms with Crippen LogP contribution in [-0.2, 0) is 11.2 Å². The Balaban J connectivity index is 2.81. The molecule has 0 bridgehead atoms. The minimum Gasteiger partial charge on any atom is -0.381 e. The first kappa shape index (κ1) is 15.4. The summed E-state index contributed by atoms with van der Waals surface area (Å²) < 4.78 is 19.7. The van der Waals surface area contributed by atoms with Gasteiger partial charge in [0, 0.05) is 18.6 Å². The van der Waals surface area contributed by atoms with Gasteiger partial charge in [0.1, 0.15) is 5.67 Å². The monoisotopic (exact) mass is 273 g/mol. The standard InChI is InChI=1S/C14H21ClFNO/c1-11-4-5-12(13(15)8-11)9-14(16,10-18-2)6-3-7-17/h4-5,8H,3,6-7,9-10,17H2,1-2H3. The van der Waals surface area contributed by atoms with Gasteiger partial charge in [-0.25, -0.2) is 4.39 Å². The van der Waals surface area contributed by atoms with Crippen LogP contribution in [0.2, 0.25) is 5.02 Å². The van der Waals surface area contributed by atoms with Crippen molar-refractivity contribution < 1.29 is 9.13 Å². The highest BCUT2D eigenvalue weighted by Crippen LogP contribution is 2.28. The average molecular weight is 274 g/mol. The lowest BCUT2D eigenvalue weighted by Gasteiger charge is -2.25. The molecular weight excluding hydrogens is 253 g/mol. The van der Waals surface area contributed by atoms with Crippen molar-refractivity contribution >= 4 is 11.6 Å². The van der Waals surface area contributed by atoms with E-state index < -0.39 is 5.67 Å². The van der Waals surface area contributed by atoms with Gasteiger partial charge in [-0.05, 0) is 43.5 Å². The summed E-state index contributed by atoms with van der Waals surface area (Å²) in [5, 5.41) is 0.612.